The first kappa shape index (κ1) is 22.7. The van der Waals surface area contributed by atoms with Gasteiger partial charge in [0.25, 0.3) is 0 Å². The molecule has 4 rings (SSSR count). The van der Waals surface area contributed by atoms with Gasteiger partial charge in [-0.3, -0.25) is 0 Å². The van der Waals surface area contributed by atoms with E-state index in [-0.39, 0.29) is 5.75 Å². The molecule has 0 unspecified atom stereocenters. The van der Waals surface area contributed by atoms with Gasteiger partial charge in [0.15, 0.2) is 9.84 Å². The van der Waals surface area contributed by atoms with Crippen molar-refractivity contribution in [1.29, 1.82) is 0 Å². The topological polar surface area (TPSA) is 62.7 Å². The first-order chi connectivity index (χ1) is 15.5. The normalized spacial score (nSPS) is 15.4. The Balaban J connectivity index is 1.65. The van der Waals surface area contributed by atoms with Crippen LogP contribution in [-0.2, 0) is 14.6 Å². The van der Waals surface area contributed by atoms with Gasteiger partial charge in [-0.25, -0.2) is 13.4 Å². The van der Waals surface area contributed by atoms with Crippen molar-refractivity contribution in [3.8, 4) is 11.3 Å². The van der Waals surface area contributed by atoms with E-state index in [1.54, 1.807) is 19.2 Å². The molecule has 2 heterocycles. The second-order valence-electron chi connectivity index (χ2n) is 8.16. The van der Waals surface area contributed by atoms with Gasteiger partial charge in [0, 0.05) is 50.8 Å². The average Bonchev–Trinajstić information content (AvgIpc) is 2.83. The van der Waals surface area contributed by atoms with E-state index in [9.17, 15) is 8.42 Å². The van der Waals surface area contributed by atoms with Gasteiger partial charge in [-0.15, -0.1) is 0 Å². The number of sulfone groups is 1. The van der Waals surface area contributed by atoms with Crippen LogP contribution < -0.4 is 4.90 Å². The number of nitrogens with zero attached hydrogens (tertiary/aromatic N) is 3. The van der Waals surface area contributed by atoms with Crippen LogP contribution >= 0.6 is 0 Å². The summed E-state index contributed by atoms with van der Waals surface area (Å²) in [5, 5.41) is 2.29. The molecule has 3 aromatic rings. The lowest BCUT2D eigenvalue weighted by molar-refractivity contribution is 0.199. The Morgan fingerprint density at radius 3 is 2.41 bits per heavy atom. The Morgan fingerprint density at radius 1 is 1.00 bits per heavy atom. The summed E-state index contributed by atoms with van der Waals surface area (Å²) in [6.45, 7) is 7.68. The fourth-order valence-electron chi connectivity index (χ4n) is 4.19. The second-order valence-corrected chi connectivity index (χ2v) is 10.3. The van der Waals surface area contributed by atoms with Gasteiger partial charge in [-0.05, 0) is 36.6 Å². The molecule has 0 radical (unpaired) electrons. The summed E-state index contributed by atoms with van der Waals surface area (Å²) >= 11 is 0. The Morgan fingerprint density at radius 2 is 1.72 bits per heavy atom. The molecule has 7 heteroatoms. The molecule has 32 heavy (non-hydrogen) atoms. The molecular formula is C25H31N3O3S. The predicted octanol–water partition coefficient (Wildman–Crippen LogP) is 3.85. The molecule has 0 amide bonds. The number of methoxy groups -OCH3 is 1. The van der Waals surface area contributed by atoms with E-state index in [4.69, 9.17) is 9.72 Å². The van der Waals surface area contributed by atoms with Gasteiger partial charge in [0.2, 0.25) is 0 Å². The van der Waals surface area contributed by atoms with E-state index in [1.807, 2.05) is 18.2 Å². The molecule has 0 spiro atoms. The molecule has 0 atom stereocenters. The van der Waals surface area contributed by atoms with Crippen molar-refractivity contribution in [2.45, 2.75) is 18.2 Å². The number of hydrogen-bond donors (Lipinski definition) is 0. The molecule has 0 saturated carbocycles. The number of pyridine rings is 1. The van der Waals surface area contributed by atoms with Gasteiger partial charge in [0.05, 0.1) is 16.3 Å². The predicted molar refractivity (Wildman–Crippen MR) is 130 cm³/mol. The minimum atomic E-state index is -3.31. The molecule has 6 nitrogen and oxygen atoms in total. The number of likely N-dealkylation sites (N-methyl/N-ethyl adjacent to an activating group) is 1. The van der Waals surface area contributed by atoms with Crippen LogP contribution in [0.2, 0.25) is 0 Å². The van der Waals surface area contributed by atoms with E-state index >= 15 is 0 Å². The van der Waals surface area contributed by atoms with Crippen molar-refractivity contribution >= 4 is 26.4 Å². The molecule has 0 N–H and O–H groups in total. The molecule has 1 aliphatic heterocycles. The van der Waals surface area contributed by atoms with E-state index in [1.165, 1.54) is 0 Å². The third kappa shape index (κ3) is 4.95. The molecule has 170 valence electrons. The number of fused-ring (bicyclic) bond motifs is 1. The van der Waals surface area contributed by atoms with Crippen molar-refractivity contribution in [2.75, 3.05) is 57.1 Å². The van der Waals surface area contributed by atoms with Gasteiger partial charge in [-0.1, -0.05) is 43.3 Å². The Bertz CT molecular complexity index is 1150. The minimum Gasteiger partial charge on any atom is -0.385 e. The number of hydrogen-bond acceptors (Lipinski definition) is 6. The number of piperazine rings is 1. The minimum absolute atomic E-state index is 0.0856. The van der Waals surface area contributed by atoms with Crippen LogP contribution in [-0.4, -0.2) is 70.5 Å². The lowest BCUT2D eigenvalue weighted by Crippen LogP contribution is -2.46. The zero-order valence-corrected chi connectivity index (χ0v) is 19.6. The number of aromatic nitrogens is 1. The smallest absolute Gasteiger partial charge is 0.178 e. The quantitative estimate of drug-likeness (QED) is 0.483. The summed E-state index contributed by atoms with van der Waals surface area (Å²) in [5.41, 5.74) is 1.78. The molecule has 1 saturated heterocycles. The SMILES string of the molecule is CCN1CCN(c2nc(-c3ccc(S(=O)(=O)CCCOC)cc3)cc3ccccc23)CC1. The number of anilines is 1. The first-order valence-corrected chi connectivity index (χ1v) is 12.9. The Labute approximate surface area is 190 Å². The highest BCUT2D eigenvalue weighted by molar-refractivity contribution is 7.91. The van der Waals surface area contributed by atoms with Crippen LogP contribution in [0.1, 0.15) is 13.3 Å². The summed E-state index contributed by atoms with van der Waals surface area (Å²) in [7, 11) is -1.73. The van der Waals surface area contributed by atoms with E-state index in [2.05, 4.69) is 41.0 Å². The van der Waals surface area contributed by atoms with Crippen LogP contribution in [0.3, 0.4) is 0 Å². The summed E-state index contributed by atoms with van der Waals surface area (Å²) < 4.78 is 30.1. The third-order valence-electron chi connectivity index (χ3n) is 6.11. The second kappa shape index (κ2) is 9.98. The first-order valence-electron chi connectivity index (χ1n) is 11.2. The van der Waals surface area contributed by atoms with Gasteiger partial charge in [-0.2, -0.15) is 0 Å². The molecule has 1 aromatic heterocycles. The molecule has 1 aliphatic rings. The van der Waals surface area contributed by atoms with Crippen molar-refractivity contribution in [2.24, 2.45) is 0 Å². The molecular weight excluding hydrogens is 422 g/mol. The van der Waals surface area contributed by atoms with Gasteiger partial charge in [0.1, 0.15) is 5.82 Å². The van der Waals surface area contributed by atoms with Crippen molar-refractivity contribution in [1.82, 2.24) is 9.88 Å². The lowest BCUT2D eigenvalue weighted by atomic mass is 10.1. The molecule has 0 bridgehead atoms. The number of benzene rings is 2. The lowest BCUT2D eigenvalue weighted by Gasteiger charge is -2.35. The fourth-order valence-corrected chi connectivity index (χ4v) is 5.47. The summed E-state index contributed by atoms with van der Waals surface area (Å²) in [6, 6.07) is 17.5. The largest absolute Gasteiger partial charge is 0.385 e. The Hall–Kier alpha value is -2.48. The van der Waals surface area contributed by atoms with E-state index < -0.39 is 9.84 Å². The maximum atomic E-state index is 12.6. The third-order valence-corrected chi connectivity index (χ3v) is 7.93. The van der Waals surface area contributed by atoms with Crippen LogP contribution in [0.5, 0.6) is 0 Å². The number of rotatable bonds is 8. The average molecular weight is 454 g/mol. The summed E-state index contributed by atoms with van der Waals surface area (Å²) in [4.78, 5) is 10.2. The highest BCUT2D eigenvalue weighted by Gasteiger charge is 2.20. The van der Waals surface area contributed by atoms with Crippen molar-refractivity contribution in [3.05, 3.63) is 54.6 Å². The monoisotopic (exact) mass is 453 g/mol. The van der Waals surface area contributed by atoms with E-state index in [0.717, 1.165) is 60.6 Å². The number of ether oxygens (including phenoxy) is 1. The summed E-state index contributed by atoms with van der Waals surface area (Å²) in [6.07, 6.45) is 0.488. The van der Waals surface area contributed by atoms with Gasteiger partial charge < -0.3 is 14.5 Å². The highest BCUT2D eigenvalue weighted by Crippen LogP contribution is 2.31. The summed E-state index contributed by atoms with van der Waals surface area (Å²) in [5.74, 6) is 1.09. The van der Waals surface area contributed by atoms with Crippen molar-refractivity contribution in [3.63, 3.8) is 0 Å². The van der Waals surface area contributed by atoms with Crippen LogP contribution in [0.25, 0.3) is 22.0 Å². The van der Waals surface area contributed by atoms with E-state index in [0.29, 0.717) is 17.9 Å². The fraction of sp³-hybridized carbons (Fsp3) is 0.400. The van der Waals surface area contributed by atoms with Crippen LogP contribution in [0.15, 0.2) is 59.5 Å². The molecule has 1 fully saturated rings. The van der Waals surface area contributed by atoms with Gasteiger partial charge >= 0.3 is 0 Å². The zero-order chi connectivity index (χ0) is 22.6. The molecule has 2 aromatic carbocycles. The standard InChI is InChI=1S/C25H31N3O3S/c1-3-27-13-15-28(16-14-27)25-23-8-5-4-7-21(23)19-24(26-25)20-9-11-22(12-10-20)32(29,30)18-6-17-31-2/h4-5,7-12,19H,3,6,13-18H2,1-2H3. The Kier molecular flexibility index (Phi) is 7.08. The maximum Gasteiger partial charge on any atom is 0.178 e. The molecule has 0 aliphatic carbocycles. The van der Waals surface area contributed by atoms with Crippen molar-refractivity contribution < 1.29 is 13.2 Å². The van der Waals surface area contributed by atoms with Crippen LogP contribution in [0.4, 0.5) is 5.82 Å². The zero-order valence-electron chi connectivity index (χ0n) is 18.8. The highest BCUT2D eigenvalue weighted by atomic mass is 32.2. The van der Waals surface area contributed by atoms with Crippen LogP contribution in [0, 0.1) is 0 Å². The maximum absolute atomic E-state index is 12.6.